The lowest BCUT2D eigenvalue weighted by molar-refractivity contribution is 0.588. The van der Waals surface area contributed by atoms with Crippen LogP contribution in [0.2, 0.25) is 5.02 Å². The average Bonchev–Trinajstić information content (AvgIpc) is 3.23. The van der Waals surface area contributed by atoms with E-state index in [1.54, 1.807) is 59.4 Å². The van der Waals surface area contributed by atoms with Crippen LogP contribution >= 0.6 is 11.6 Å². The average molecular weight is 461 g/mol. The predicted molar refractivity (Wildman–Crippen MR) is 126 cm³/mol. The third-order valence-electron chi connectivity index (χ3n) is 4.85. The first-order valence-corrected chi connectivity index (χ1v) is 12.3. The van der Waals surface area contributed by atoms with Gasteiger partial charge in [-0.15, -0.1) is 0 Å². The second-order valence-corrected chi connectivity index (χ2v) is 10.0. The number of anilines is 1. The molecule has 6 nitrogen and oxygen atoms in total. The lowest BCUT2D eigenvalue weighted by atomic mass is 10.2. The van der Waals surface area contributed by atoms with Gasteiger partial charge >= 0.3 is 0 Å². The van der Waals surface area contributed by atoms with Crippen molar-refractivity contribution >= 4 is 27.3 Å². The number of hydrogen-bond acceptors (Lipinski definition) is 4. The first-order chi connectivity index (χ1) is 14.8. The Morgan fingerprint density at radius 1 is 1.16 bits per heavy atom. The summed E-state index contributed by atoms with van der Waals surface area (Å²) in [5.74, 6) is 0. The molecule has 0 aliphatic carbocycles. The van der Waals surface area contributed by atoms with E-state index in [1.165, 1.54) is 4.31 Å². The van der Waals surface area contributed by atoms with Crippen LogP contribution in [-0.2, 0) is 16.6 Å². The van der Waals surface area contributed by atoms with E-state index in [4.69, 9.17) is 11.6 Å². The third-order valence-corrected chi connectivity index (χ3v) is 6.91. The van der Waals surface area contributed by atoms with Gasteiger partial charge in [0.1, 0.15) is 0 Å². The number of nitrogens with zero attached hydrogens (tertiary/aromatic N) is 3. The first kappa shape index (κ1) is 23.3. The molecule has 0 amide bonds. The summed E-state index contributed by atoms with van der Waals surface area (Å²) in [5.41, 5.74) is 2.18. The number of nitrogens with one attached hydrogen (secondary N) is 1. The summed E-state index contributed by atoms with van der Waals surface area (Å²) in [5, 5.41) is 8.36. The largest absolute Gasteiger partial charge is 0.310 e. The van der Waals surface area contributed by atoms with E-state index in [0.29, 0.717) is 35.5 Å². The Hall–Kier alpha value is -2.35. The van der Waals surface area contributed by atoms with Gasteiger partial charge in [-0.1, -0.05) is 57.0 Å². The van der Waals surface area contributed by atoms with Crippen LogP contribution in [0.15, 0.2) is 65.8 Å². The molecule has 31 heavy (non-hydrogen) atoms. The predicted octanol–water partition coefficient (Wildman–Crippen LogP) is 5.02. The van der Waals surface area contributed by atoms with Crippen LogP contribution < -0.4 is 9.62 Å². The lowest BCUT2D eigenvalue weighted by Crippen LogP contribution is -2.33. The normalized spacial score (nSPS) is 11.8. The molecule has 0 spiro atoms. The van der Waals surface area contributed by atoms with Crippen molar-refractivity contribution in [3.63, 3.8) is 0 Å². The molecule has 1 N–H and O–H groups in total. The van der Waals surface area contributed by atoms with Crippen LogP contribution in [0.3, 0.4) is 0 Å². The Balaban J connectivity index is 2.07. The summed E-state index contributed by atoms with van der Waals surface area (Å²) >= 11 is 6.30. The maximum Gasteiger partial charge on any atom is 0.264 e. The van der Waals surface area contributed by atoms with Gasteiger partial charge in [0.25, 0.3) is 10.0 Å². The van der Waals surface area contributed by atoms with Gasteiger partial charge in [-0.05, 0) is 36.8 Å². The van der Waals surface area contributed by atoms with E-state index < -0.39 is 10.0 Å². The maximum absolute atomic E-state index is 13.5. The molecular formula is C23H29ClN4O2S. The molecule has 1 aromatic heterocycles. The van der Waals surface area contributed by atoms with Crippen molar-refractivity contribution < 1.29 is 8.42 Å². The van der Waals surface area contributed by atoms with Crippen molar-refractivity contribution in [2.75, 3.05) is 10.8 Å². The van der Waals surface area contributed by atoms with E-state index in [0.717, 1.165) is 18.4 Å². The van der Waals surface area contributed by atoms with Crippen LogP contribution in [-0.4, -0.2) is 30.8 Å². The molecule has 0 fully saturated rings. The van der Waals surface area contributed by atoms with Crippen LogP contribution in [0.4, 0.5) is 5.69 Å². The maximum atomic E-state index is 13.5. The zero-order chi connectivity index (χ0) is 22.4. The van der Waals surface area contributed by atoms with Crippen LogP contribution in [0.5, 0.6) is 0 Å². The zero-order valence-electron chi connectivity index (χ0n) is 18.1. The Morgan fingerprint density at radius 2 is 1.90 bits per heavy atom. The summed E-state index contributed by atoms with van der Waals surface area (Å²) < 4.78 is 30.2. The van der Waals surface area contributed by atoms with Gasteiger partial charge in [0.15, 0.2) is 0 Å². The Labute approximate surface area is 189 Å². The molecule has 0 saturated heterocycles. The molecule has 0 aliphatic rings. The smallest absolute Gasteiger partial charge is 0.264 e. The molecule has 2 aromatic carbocycles. The topological polar surface area (TPSA) is 67.2 Å². The van der Waals surface area contributed by atoms with Gasteiger partial charge in [0.05, 0.1) is 22.5 Å². The van der Waals surface area contributed by atoms with Gasteiger partial charge < -0.3 is 5.32 Å². The Bertz CT molecular complexity index is 1100. The minimum atomic E-state index is -3.75. The number of hydrogen-bond donors (Lipinski definition) is 1. The minimum absolute atomic E-state index is 0.259. The highest BCUT2D eigenvalue weighted by molar-refractivity contribution is 7.92. The van der Waals surface area contributed by atoms with Crippen LogP contribution in [0.25, 0.3) is 5.69 Å². The molecule has 8 heteroatoms. The molecule has 3 aromatic rings. The molecule has 0 saturated carbocycles. The fourth-order valence-corrected chi connectivity index (χ4v) is 4.89. The fourth-order valence-electron chi connectivity index (χ4n) is 3.19. The van der Waals surface area contributed by atoms with Gasteiger partial charge in [-0.3, -0.25) is 4.31 Å². The molecule has 3 rings (SSSR count). The number of aromatic nitrogens is 2. The third kappa shape index (κ3) is 5.67. The molecule has 1 heterocycles. The molecular weight excluding hydrogens is 432 g/mol. The summed E-state index contributed by atoms with van der Waals surface area (Å²) in [6, 6.07) is 14.1. The number of rotatable bonds is 10. The lowest BCUT2D eigenvalue weighted by Gasteiger charge is -2.26. The first-order valence-electron chi connectivity index (χ1n) is 10.5. The number of benzene rings is 2. The monoisotopic (exact) mass is 460 g/mol. The summed E-state index contributed by atoms with van der Waals surface area (Å²) in [6.45, 7) is 7.25. The summed E-state index contributed by atoms with van der Waals surface area (Å²) in [4.78, 5) is 0.259. The van der Waals surface area contributed by atoms with E-state index >= 15 is 0 Å². The summed E-state index contributed by atoms with van der Waals surface area (Å²) in [7, 11) is -3.75. The number of unbranched alkanes of at least 4 members (excludes halogenated alkanes) is 1. The highest BCUT2D eigenvalue weighted by atomic mass is 35.5. The quantitative estimate of drug-likeness (QED) is 0.461. The molecule has 0 aliphatic heterocycles. The van der Waals surface area contributed by atoms with E-state index in [1.807, 2.05) is 13.1 Å². The molecule has 0 radical (unpaired) electrons. The van der Waals surface area contributed by atoms with Crippen LogP contribution in [0, 0.1) is 0 Å². The van der Waals surface area contributed by atoms with Crippen molar-refractivity contribution in [3.05, 3.63) is 71.5 Å². The van der Waals surface area contributed by atoms with Crippen molar-refractivity contribution in [2.24, 2.45) is 0 Å². The number of sulfonamides is 1. The molecule has 166 valence electrons. The standard InChI is InChI=1S/C23H29ClN4O2S/c1-4-5-13-28(31(29,30)21-9-7-6-8-10-21)22-12-11-20(24)14-23(22)27-17-19(16-26-27)15-25-18(2)3/h6-12,14,16-18,25H,4-5,13,15H2,1-3H3. The van der Waals surface area contributed by atoms with Gasteiger partial charge in [-0.2, -0.15) is 5.10 Å². The van der Waals surface area contributed by atoms with Crippen molar-refractivity contribution in [3.8, 4) is 5.69 Å². The second-order valence-electron chi connectivity index (χ2n) is 7.71. The van der Waals surface area contributed by atoms with Crippen molar-refractivity contribution in [1.29, 1.82) is 0 Å². The minimum Gasteiger partial charge on any atom is -0.310 e. The highest BCUT2D eigenvalue weighted by Gasteiger charge is 2.27. The molecule has 0 unspecified atom stereocenters. The molecule has 0 atom stereocenters. The van der Waals surface area contributed by atoms with Gasteiger partial charge in [-0.25, -0.2) is 13.1 Å². The number of halogens is 1. The van der Waals surface area contributed by atoms with E-state index in [-0.39, 0.29) is 4.90 Å². The Morgan fingerprint density at radius 3 is 2.58 bits per heavy atom. The van der Waals surface area contributed by atoms with Crippen molar-refractivity contribution in [1.82, 2.24) is 15.1 Å². The summed E-state index contributed by atoms with van der Waals surface area (Å²) in [6.07, 6.45) is 5.28. The van der Waals surface area contributed by atoms with Crippen LogP contribution in [0.1, 0.15) is 39.2 Å². The molecule has 0 bridgehead atoms. The van der Waals surface area contributed by atoms with E-state index in [9.17, 15) is 8.42 Å². The SMILES string of the molecule is CCCCN(c1ccc(Cl)cc1-n1cc(CNC(C)C)cn1)S(=O)(=O)c1ccccc1. The zero-order valence-corrected chi connectivity index (χ0v) is 19.7. The van der Waals surface area contributed by atoms with E-state index in [2.05, 4.69) is 24.3 Å². The highest BCUT2D eigenvalue weighted by Crippen LogP contribution is 2.32. The van der Waals surface area contributed by atoms with Crippen molar-refractivity contribution in [2.45, 2.75) is 51.1 Å². The van der Waals surface area contributed by atoms with Gasteiger partial charge in [0, 0.05) is 35.9 Å². The van der Waals surface area contributed by atoms with Gasteiger partial charge in [0.2, 0.25) is 0 Å². The Kier molecular flexibility index (Phi) is 7.75. The fraction of sp³-hybridized carbons (Fsp3) is 0.348. The second kappa shape index (κ2) is 10.3.